The highest BCUT2D eigenvalue weighted by atomic mass is 79.9. The molecule has 0 unspecified atom stereocenters. The van der Waals surface area contributed by atoms with E-state index >= 15 is 0 Å². The summed E-state index contributed by atoms with van der Waals surface area (Å²) in [5, 5.41) is 3.09. The molecule has 1 amide bonds. The zero-order valence-corrected chi connectivity index (χ0v) is 17.4. The van der Waals surface area contributed by atoms with Crippen LogP contribution in [0.4, 0.5) is 4.39 Å². The number of carbonyl (C=O) groups excluding carboxylic acids is 1. The van der Waals surface area contributed by atoms with Crippen molar-refractivity contribution in [2.24, 2.45) is 5.92 Å². The smallest absolute Gasteiger partial charge is 0.265 e. The highest BCUT2D eigenvalue weighted by Crippen LogP contribution is 2.41. The molecule has 1 atom stereocenters. The van der Waals surface area contributed by atoms with Crippen molar-refractivity contribution < 1.29 is 9.18 Å². The summed E-state index contributed by atoms with van der Waals surface area (Å²) in [4.78, 5) is 25.7. The van der Waals surface area contributed by atoms with Crippen LogP contribution in [0.2, 0.25) is 0 Å². The van der Waals surface area contributed by atoms with Gasteiger partial charge in [-0.25, -0.2) is 4.39 Å². The quantitative estimate of drug-likeness (QED) is 0.718. The second-order valence-electron chi connectivity index (χ2n) is 7.20. The van der Waals surface area contributed by atoms with Crippen LogP contribution in [0.25, 0.3) is 0 Å². The van der Waals surface area contributed by atoms with E-state index in [1.54, 1.807) is 24.5 Å². The Morgan fingerprint density at radius 2 is 2.07 bits per heavy atom. The molecular formula is C21H24BrFN2O2. The molecule has 2 aromatic rings. The highest BCUT2D eigenvalue weighted by Gasteiger charge is 2.34. The van der Waals surface area contributed by atoms with Crippen molar-refractivity contribution >= 4 is 21.8 Å². The summed E-state index contributed by atoms with van der Waals surface area (Å²) >= 11 is 3.35. The Labute approximate surface area is 166 Å². The fourth-order valence-electron chi connectivity index (χ4n) is 3.59. The molecule has 1 saturated carbocycles. The Balaban J connectivity index is 1.99. The number of amides is 1. The monoisotopic (exact) mass is 434 g/mol. The van der Waals surface area contributed by atoms with E-state index in [4.69, 9.17) is 0 Å². The van der Waals surface area contributed by atoms with Gasteiger partial charge in [-0.1, -0.05) is 19.1 Å². The molecule has 0 bridgehead atoms. The largest absolute Gasteiger partial charge is 0.345 e. The van der Waals surface area contributed by atoms with Crippen LogP contribution in [0.5, 0.6) is 0 Å². The molecule has 1 aromatic carbocycles. The van der Waals surface area contributed by atoms with E-state index in [0.717, 1.165) is 24.8 Å². The molecule has 27 heavy (non-hydrogen) atoms. The minimum absolute atomic E-state index is 0.118. The number of hydrogen-bond donors (Lipinski definition) is 1. The van der Waals surface area contributed by atoms with E-state index in [0.29, 0.717) is 33.8 Å². The number of nitrogens with zero attached hydrogens (tertiary/aromatic N) is 1. The molecule has 4 nitrogen and oxygen atoms in total. The van der Waals surface area contributed by atoms with Gasteiger partial charge >= 0.3 is 0 Å². The van der Waals surface area contributed by atoms with Crippen LogP contribution in [0.15, 0.2) is 33.5 Å². The van der Waals surface area contributed by atoms with Crippen molar-refractivity contribution in [2.75, 3.05) is 0 Å². The van der Waals surface area contributed by atoms with Crippen LogP contribution < -0.4 is 10.9 Å². The third kappa shape index (κ3) is 4.00. The van der Waals surface area contributed by atoms with Crippen molar-refractivity contribution in [3.8, 4) is 0 Å². The van der Waals surface area contributed by atoms with Gasteiger partial charge in [-0.15, -0.1) is 0 Å². The van der Waals surface area contributed by atoms with Gasteiger partial charge in [-0.05, 0) is 78.2 Å². The molecule has 3 rings (SSSR count). The summed E-state index contributed by atoms with van der Waals surface area (Å²) in [5.41, 5.74) is 2.47. The van der Waals surface area contributed by atoms with Crippen LogP contribution in [-0.4, -0.2) is 10.5 Å². The standard InChI is InChI=1S/C21H24BrFN2O2/c1-4-10-25-13(3)17(12(2)18(22)21(25)27)20(26)24-19(14-8-9-14)15-6-5-7-16(23)11-15/h5-7,11,14,19H,4,8-10H2,1-3H3,(H,24,26)/t19-/m0/s1. The Morgan fingerprint density at radius 3 is 2.67 bits per heavy atom. The van der Waals surface area contributed by atoms with Crippen LogP contribution in [0.3, 0.4) is 0 Å². The van der Waals surface area contributed by atoms with Crippen molar-refractivity contribution in [1.29, 1.82) is 0 Å². The molecule has 1 aromatic heterocycles. The minimum Gasteiger partial charge on any atom is -0.345 e. The van der Waals surface area contributed by atoms with Crippen LogP contribution in [0.1, 0.15) is 59.4 Å². The lowest BCUT2D eigenvalue weighted by atomic mass is 10.0. The maximum atomic E-state index is 13.7. The van der Waals surface area contributed by atoms with E-state index in [1.807, 2.05) is 13.0 Å². The van der Waals surface area contributed by atoms with Crippen LogP contribution >= 0.6 is 15.9 Å². The van der Waals surface area contributed by atoms with Crippen molar-refractivity contribution in [2.45, 2.75) is 52.6 Å². The van der Waals surface area contributed by atoms with E-state index in [2.05, 4.69) is 21.2 Å². The molecule has 0 spiro atoms. The molecule has 1 aliphatic rings. The van der Waals surface area contributed by atoms with Crippen LogP contribution in [-0.2, 0) is 6.54 Å². The van der Waals surface area contributed by atoms with Crippen LogP contribution in [0, 0.1) is 25.6 Å². The molecule has 1 fully saturated rings. The Bertz CT molecular complexity index is 935. The number of halogens is 2. The van der Waals surface area contributed by atoms with Gasteiger partial charge in [0.2, 0.25) is 0 Å². The maximum Gasteiger partial charge on any atom is 0.265 e. The SMILES string of the molecule is CCCn1c(C)c(C(=O)N[C@H](c2cccc(F)c2)C2CC2)c(C)c(Br)c1=O. The van der Waals surface area contributed by atoms with Gasteiger partial charge in [0, 0.05) is 12.2 Å². The van der Waals surface area contributed by atoms with Gasteiger partial charge in [0.25, 0.3) is 11.5 Å². The summed E-state index contributed by atoms with van der Waals surface area (Å²) in [6.07, 6.45) is 2.82. The summed E-state index contributed by atoms with van der Waals surface area (Å²) in [7, 11) is 0. The number of rotatable bonds is 6. The summed E-state index contributed by atoms with van der Waals surface area (Å²) in [6, 6.07) is 6.18. The zero-order valence-electron chi connectivity index (χ0n) is 15.8. The van der Waals surface area contributed by atoms with Crippen molar-refractivity contribution in [3.63, 3.8) is 0 Å². The molecule has 1 heterocycles. The molecule has 1 aliphatic carbocycles. The van der Waals surface area contributed by atoms with Gasteiger partial charge in [-0.3, -0.25) is 9.59 Å². The first-order valence-corrected chi connectivity index (χ1v) is 10.1. The molecule has 0 saturated heterocycles. The van der Waals surface area contributed by atoms with Gasteiger partial charge in [-0.2, -0.15) is 0 Å². The molecule has 1 N–H and O–H groups in total. The topological polar surface area (TPSA) is 51.1 Å². The van der Waals surface area contributed by atoms with E-state index < -0.39 is 0 Å². The lowest BCUT2D eigenvalue weighted by Gasteiger charge is -2.22. The third-order valence-electron chi connectivity index (χ3n) is 5.17. The second kappa shape index (κ2) is 7.97. The molecular weight excluding hydrogens is 411 g/mol. The first kappa shape index (κ1) is 19.8. The molecule has 0 radical (unpaired) electrons. The second-order valence-corrected chi connectivity index (χ2v) is 7.99. The third-order valence-corrected chi connectivity index (χ3v) is 6.10. The Morgan fingerprint density at radius 1 is 1.37 bits per heavy atom. The number of nitrogens with one attached hydrogen (secondary N) is 1. The average Bonchev–Trinajstić information content (AvgIpc) is 3.46. The summed E-state index contributed by atoms with van der Waals surface area (Å²) in [5.74, 6) is -0.211. The fraction of sp³-hybridized carbons (Fsp3) is 0.429. The molecule has 6 heteroatoms. The van der Waals surface area contributed by atoms with E-state index in [9.17, 15) is 14.0 Å². The summed E-state index contributed by atoms with van der Waals surface area (Å²) in [6.45, 7) is 6.13. The number of hydrogen-bond acceptors (Lipinski definition) is 2. The van der Waals surface area contributed by atoms with Gasteiger partial charge in [0.15, 0.2) is 0 Å². The van der Waals surface area contributed by atoms with Gasteiger partial charge in [0.05, 0.1) is 16.1 Å². The van der Waals surface area contributed by atoms with Gasteiger partial charge in [0.1, 0.15) is 5.82 Å². The minimum atomic E-state index is -0.306. The number of benzene rings is 1. The first-order valence-electron chi connectivity index (χ1n) is 9.31. The maximum absolute atomic E-state index is 13.7. The average molecular weight is 435 g/mol. The van der Waals surface area contributed by atoms with Crippen molar-refractivity contribution in [1.82, 2.24) is 9.88 Å². The Hall–Kier alpha value is -1.95. The predicted molar refractivity (Wildman–Crippen MR) is 107 cm³/mol. The number of aromatic nitrogens is 1. The number of pyridine rings is 1. The fourth-order valence-corrected chi connectivity index (χ4v) is 4.00. The van der Waals surface area contributed by atoms with E-state index in [1.165, 1.54) is 12.1 Å². The highest BCUT2D eigenvalue weighted by molar-refractivity contribution is 9.10. The van der Waals surface area contributed by atoms with Crippen molar-refractivity contribution in [3.05, 3.63) is 67.3 Å². The Kier molecular flexibility index (Phi) is 5.84. The lowest BCUT2D eigenvalue weighted by Crippen LogP contribution is -2.34. The summed E-state index contributed by atoms with van der Waals surface area (Å²) < 4.78 is 15.7. The molecule has 0 aliphatic heterocycles. The number of carbonyl (C=O) groups is 1. The predicted octanol–water partition coefficient (Wildman–Crippen LogP) is 4.66. The zero-order chi connectivity index (χ0) is 19.7. The van der Waals surface area contributed by atoms with Gasteiger partial charge < -0.3 is 9.88 Å². The van der Waals surface area contributed by atoms with E-state index in [-0.39, 0.29) is 23.3 Å². The normalized spacial score (nSPS) is 14.9. The lowest BCUT2D eigenvalue weighted by molar-refractivity contribution is 0.0929. The molecule has 144 valence electrons. The first-order chi connectivity index (χ1) is 12.8.